The molecule has 2 aliphatic heterocycles. The highest BCUT2D eigenvalue weighted by molar-refractivity contribution is 8.00. The van der Waals surface area contributed by atoms with E-state index in [1.54, 1.807) is 87.4 Å². The SMILES string of the molecule is CC[C@H](C)[C@@H]([C@@H](CC(=O)N1CCC[C@H]1[C@H](OC)[C@@H](C)C(=O)N[C@@H](CC(C)C)C(=O)N(C1CC1)S(=O)[O-])OC)N(C)C(=O)CNC(=O)C(C(C)C)N(C)C(=O)OCc1ccc(NC(=O)[C@H](C)NC(=O)CCCCCNc2nc3nc(n2)SC2CCCCCCCC(CC2)S3)cc1. The van der Waals surface area contributed by atoms with E-state index in [2.05, 4.69) is 26.6 Å². The van der Waals surface area contributed by atoms with Gasteiger partial charge in [-0.1, -0.05) is 129 Å². The van der Waals surface area contributed by atoms with Crippen LogP contribution < -0.4 is 26.6 Å². The highest BCUT2D eigenvalue weighted by Gasteiger charge is 2.44. The van der Waals surface area contributed by atoms with Crippen LogP contribution in [0.1, 0.15) is 189 Å². The number of nitrogens with one attached hydrogen (secondary N) is 5. The molecule has 1 aromatic heterocycles. The fourth-order valence-corrected chi connectivity index (χ4v) is 15.9. The van der Waals surface area contributed by atoms with Crippen LogP contribution in [0.25, 0.3) is 0 Å². The van der Waals surface area contributed by atoms with Crippen molar-refractivity contribution < 1.29 is 61.3 Å². The molecule has 95 heavy (non-hydrogen) atoms. The molecular formula is C67H107N12O13S3-. The van der Waals surface area contributed by atoms with Crippen molar-refractivity contribution in [3.05, 3.63) is 29.8 Å². The number of carbonyl (C=O) groups excluding carboxylic acids is 8. The quantitative estimate of drug-likeness (QED) is 0.0324. The Morgan fingerprint density at radius 2 is 1.39 bits per heavy atom. The molecule has 2 saturated carbocycles. The number of carbonyl (C=O) groups is 8. The number of hydrogen-bond donors (Lipinski definition) is 5. The van der Waals surface area contributed by atoms with E-state index in [0.717, 1.165) is 27.5 Å². The predicted octanol–water partition coefficient (Wildman–Crippen LogP) is 8.39. The number of amides is 8. The molecule has 0 spiro atoms. The van der Waals surface area contributed by atoms with Crippen LogP contribution in [0.5, 0.6) is 0 Å². The normalized spacial score (nSPS) is 20.3. The van der Waals surface area contributed by atoms with Crippen molar-refractivity contribution in [2.24, 2.45) is 23.7 Å². The maximum absolute atomic E-state index is 14.4. The van der Waals surface area contributed by atoms with E-state index >= 15 is 0 Å². The summed E-state index contributed by atoms with van der Waals surface area (Å²) >= 11 is 0.797. The van der Waals surface area contributed by atoms with E-state index in [9.17, 15) is 47.1 Å². The van der Waals surface area contributed by atoms with Gasteiger partial charge in [0, 0.05) is 70.1 Å². The summed E-state index contributed by atoms with van der Waals surface area (Å²) in [4.78, 5) is 128. The third-order valence-electron chi connectivity index (χ3n) is 18.6. The van der Waals surface area contributed by atoms with Crippen molar-refractivity contribution in [2.45, 2.75) is 260 Å². The predicted molar refractivity (Wildman–Crippen MR) is 366 cm³/mol. The summed E-state index contributed by atoms with van der Waals surface area (Å²) in [5.74, 6) is -3.96. The monoisotopic (exact) mass is 1380 g/mol. The van der Waals surface area contributed by atoms with Gasteiger partial charge in [-0.2, -0.15) is 15.0 Å². The summed E-state index contributed by atoms with van der Waals surface area (Å²) in [6.07, 6.45) is 14.4. The molecule has 4 bridgehead atoms. The number of hydrogen-bond acceptors (Lipinski definition) is 19. The minimum absolute atomic E-state index is 0.0399. The Hall–Kier alpha value is -5.68. The Bertz CT molecular complexity index is 2840. The first kappa shape index (κ1) is 78.3. The molecule has 12 atom stereocenters. The standard InChI is InChI=1S/C67H108N12O13S3/c1-13-43(6)58(53(90-11)38-55(81)78-36-22-25-52(78)59(91-12)44(7)60(83)72-51(37-41(2)3)63(86)79(95(88)89)48-31-32-48)76(9)56(82)39-69-62(85)57(42(4)5)77(10)67(87)92-40-46-27-29-47(30-28-46)71-61(84)45(8)70-54(80)26-20-17-21-35-68-64-73-65-75-66(74-64)94-50-24-19-16-14-15-18-23-49(93-65)33-34-50/h27-30,41-45,48-53,57-59H,13-26,31-40H2,1-12H3,(H,69,85)(H,70,80)(H,71,84)(H,72,83)(H,88,89)(H,68,73,74,75)/p-1/t43-,44+,45-,49?,50?,51-,52-,53+,57?,58-,59+/m0/s1. The van der Waals surface area contributed by atoms with E-state index in [4.69, 9.17) is 29.2 Å². The lowest BCUT2D eigenvalue weighted by Crippen LogP contribution is -2.56. The number of methoxy groups -OCH3 is 2. The first-order valence-electron chi connectivity index (χ1n) is 34.4. The van der Waals surface area contributed by atoms with E-state index in [1.807, 2.05) is 27.7 Å². The molecule has 2 aliphatic carbocycles. The van der Waals surface area contributed by atoms with Gasteiger partial charge in [0.05, 0.1) is 54.4 Å². The van der Waals surface area contributed by atoms with Gasteiger partial charge < -0.3 is 55.1 Å². The lowest BCUT2D eigenvalue weighted by Gasteiger charge is -2.39. The number of fused-ring (bicyclic) bond motifs is 5. The highest BCUT2D eigenvalue weighted by atomic mass is 32.2. The van der Waals surface area contributed by atoms with Crippen LogP contribution in [-0.4, -0.2) is 197 Å². The number of likely N-dealkylation sites (tertiary alicyclic amines) is 1. The highest BCUT2D eigenvalue weighted by Crippen LogP contribution is 2.38. The third kappa shape index (κ3) is 24.1. The second kappa shape index (κ2) is 39.1. The smallest absolute Gasteiger partial charge is 0.410 e. The third-order valence-corrected chi connectivity index (χ3v) is 21.8. The van der Waals surface area contributed by atoms with E-state index in [0.29, 0.717) is 79.3 Å². The Balaban J connectivity index is 0.919. The van der Waals surface area contributed by atoms with Crippen molar-refractivity contribution in [2.75, 3.05) is 58.6 Å². The van der Waals surface area contributed by atoms with Gasteiger partial charge >= 0.3 is 6.09 Å². The van der Waals surface area contributed by atoms with E-state index in [1.165, 1.54) is 88.9 Å². The largest absolute Gasteiger partial charge is 0.755 e. The van der Waals surface area contributed by atoms with Gasteiger partial charge in [-0.25, -0.2) is 4.79 Å². The number of unbranched alkanes of at least 4 members (excludes halogenated alkanes) is 2. The summed E-state index contributed by atoms with van der Waals surface area (Å²) < 4.78 is 42.6. The first-order valence-corrected chi connectivity index (χ1v) is 37.2. The molecule has 4 aliphatic rings. The number of nitrogens with zero attached hydrogens (tertiary/aromatic N) is 7. The van der Waals surface area contributed by atoms with Crippen molar-refractivity contribution in [3.63, 3.8) is 0 Å². The second-order valence-corrected chi connectivity index (χ2v) is 30.2. The van der Waals surface area contributed by atoms with Crippen molar-refractivity contribution in [1.29, 1.82) is 0 Å². The molecule has 8 amide bonds. The summed E-state index contributed by atoms with van der Waals surface area (Å²) in [5.41, 5.74) is 1.08. The lowest BCUT2D eigenvalue weighted by molar-refractivity contribution is -0.146. The zero-order valence-corrected chi connectivity index (χ0v) is 60.5. The second-order valence-electron chi connectivity index (χ2n) is 26.9. The van der Waals surface area contributed by atoms with Crippen LogP contribution in [0, 0.1) is 23.7 Å². The molecule has 28 heteroatoms. The number of ether oxygens (including phenoxy) is 3. The Kier molecular flexibility index (Phi) is 32.2. The molecule has 2 aromatic rings. The van der Waals surface area contributed by atoms with Crippen LogP contribution in [0.3, 0.4) is 0 Å². The minimum atomic E-state index is -2.79. The molecule has 0 radical (unpaired) electrons. The molecule has 1 aromatic carbocycles. The fourth-order valence-electron chi connectivity index (χ4n) is 12.9. The zero-order chi connectivity index (χ0) is 69.5. The Morgan fingerprint density at radius 3 is 1.97 bits per heavy atom. The van der Waals surface area contributed by atoms with Crippen LogP contribution in [-0.2, 0) is 65.6 Å². The fraction of sp³-hybridized carbons (Fsp3) is 0.746. The molecular weight excluding hydrogens is 1280 g/mol. The zero-order valence-electron chi connectivity index (χ0n) is 58.0. The summed E-state index contributed by atoms with van der Waals surface area (Å²) in [5, 5.41) is 17.2. The van der Waals surface area contributed by atoms with Crippen LogP contribution >= 0.6 is 23.5 Å². The molecule has 5 N–H and O–H groups in total. The molecule has 532 valence electrons. The van der Waals surface area contributed by atoms with Gasteiger partial charge in [0.2, 0.25) is 41.4 Å². The molecule has 6 rings (SSSR count). The van der Waals surface area contributed by atoms with Gasteiger partial charge in [-0.15, -0.1) is 0 Å². The van der Waals surface area contributed by atoms with Crippen LogP contribution in [0.4, 0.5) is 16.4 Å². The van der Waals surface area contributed by atoms with Crippen LogP contribution in [0.15, 0.2) is 34.6 Å². The van der Waals surface area contributed by atoms with Gasteiger partial charge in [-0.05, 0) is 113 Å². The molecule has 1 saturated heterocycles. The van der Waals surface area contributed by atoms with Gasteiger partial charge in [0.25, 0.3) is 5.91 Å². The number of thioether (sulfide) groups is 2. The van der Waals surface area contributed by atoms with Gasteiger partial charge in [-0.3, -0.25) is 47.0 Å². The summed E-state index contributed by atoms with van der Waals surface area (Å²) in [6.45, 7) is 15.0. The Morgan fingerprint density at radius 1 is 0.747 bits per heavy atom. The van der Waals surface area contributed by atoms with Gasteiger partial charge in [0.15, 0.2) is 10.3 Å². The number of rotatable bonds is 34. The minimum Gasteiger partial charge on any atom is -0.755 e. The molecule has 4 unspecified atom stereocenters. The van der Waals surface area contributed by atoms with Crippen molar-refractivity contribution in [1.82, 2.24) is 49.9 Å². The number of aromatic nitrogens is 3. The topological polar surface area (TPSA) is 316 Å². The summed E-state index contributed by atoms with van der Waals surface area (Å²) in [7, 11) is 5.98. The average molecular weight is 1380 g/mol. The van der Waals surface area contributed by atoms with Crippen molar-refractivity contribution in [3.8, 4) is 0 Å². The summed E-state index contributed by atoms with van der Waals surface area (Å²) in [6, 6.07) is 2.24. The molecule has 3 fully saturated rings. The maximum atomic E-state index is 14.4. The van der Waals surface area contributed by atoms with E-state index in [-0.39, 0.29) is 49.5 Å². The number of anilines is 2. The molecule has 25 nitrogen and oxygen atoms in total. The Labute approximate surface area is 573 Å². The number of likely N-dealkylation sites (N-methyl/N-ethyl adjacent to an activating group) is 2. The first-order chi connectivity index (χ1) is 45.3. The van der Waals surface area contributed by atoms with Gasteiger partial charge in [0.1, 0.15) is 24.7 Å². The van der Waals surface area contributed by atoms with Crippen molar-refractivity contribution >= 4 is 93.9 Å². The van der Waals surface area contributed by atoms with E-state index < -0.39 is 114 Å². The average Bonchev–Trinajstić information content (AvgIpc) is 1.78. The van der Waals surface area contributed by atoms with Crippen LogP contribution in [0.2, 0.25) is 0 Å². The number of benzene rings is 1. The maximum Gasteiger partial charge on any atom is 0.410 e. The molecule has 3 heterocycles. The lowest BCUT2D eigenvalue weighted by atomic mass is 9.90.